The van der Waals surface area contributed by atoms with Gasteiger partial charge in [-0.1, -0.05) is 13.0 Å². The molecule has 0 saturated heterocycles. The second-order valence-corrected chi connectivity index (χ2v) is 3.40. The smallest absolute Gasteiger partial charge is 0.309 e. The first-order valence-corrected chi connectivity index (χ1v) is 4.41. The summed E-state index contributed by atoms with van der Waals surface area (Å²) in [5, 5.41) is 8.91. The van der Waals surface area contributed by atoms with E-state index < -0.39 is 11.4 Å². The third-order valence-corrected chi connectivity index (χ3v) is 2.43. The Morgan fingerprint density at radius 1 is 1.67 bits per heavy atom. The number of hydrogen-bond donors (Lipinski definition) is 1. The number of allylic oxidation sites excluding steroid dienone is 1. The van der Waals surface area contributed by atoms with Crippen LogP contribution in [0.25, 0.3) is 0 Å². The molecule has 0 aromatic carbocycles. The summed E-state index contributed by atoms with van der Waals surface area (Å²) in [6.07, 6.45) is 5.09. The van der Waals surface area contributed by atoms with Crippen molar-refractivity contribution in [3.63, 3.8) is 0 Å². The third kappa shape index (κ3) is 3.07. The van der Waals surface area contributed by atoms with Gasteiger partial charge in [0.1, 0.15) is 0 Å². The zero-order chi connectivity index (χ0) is 9.61. The molecular weight excluding hydrogens is 152 g/mol. The van der Waals surface area contributed by atoms with Gasteiger partial charge in [-0.2, -0.15) is 0 Å². The van der Waals surface area contributed by atoms with Gasteiger partial charge in [0, 0.05) is 0 Å². The second kappa shape index (κ2) is 4.96. The number of rotatable bonds is 6. The van der Waals surface area contributed by atoms with E-state index in [0.29, 0.717) is 6.42 Å². The highest BCUT2D eigenvalue weighted by Crippen LogP contribution is 2.28. The predicted octanol–water partition coefficient (Wildman–Crippen LogP) is 2.84. The first-order valence-electron chi connectivity index (χ1n) is 4.41. The molecule has 0 spiro atoms. The Kier molecular flexibility index (Phi) is 4.64. The molecule has 1 N–H and O–H groups in total. The average Bonchev–Trinajstić information content (AvgIpc) is 2.04. The largest absolute Gasteiger partial charge is 0.481 e. The topological polar surface area (TPSA) is 37.3 Å². The summed E-state index contributed by atoms with van der Waals surface area (Å²) in [5.74, 6) is -0.686. The lowest BCUT2D eigenvalue weighted by Crippen LogP contribution is -2.26. The van der Waals surface area contributed by atoms with Crippen LogP contribution in [0.3, 0.4) is 0 Å². The van der Waals surface area contributed by atoms with Crippen molar-refractivity contribution >= 4 is 5.97 Å². The molecule has 0 fully saturated rings. The Morgan fingerprint density at radius 2 is 2.25 bits per heavy atom. The molecule has 0 aromatic heterocycles. The van der Waals surface area contributed by atoms with Crippen LogP contribution in [-0.4, -0.2) is 11.1 Å². The van der Waals surface area contributed by atoms with Crippen LogP contribution in [0.15, 0.2) is 12.7 Å². The van der Waals surface area contributed by atoms with Crippen molar-refractivity contribution in [1.82, 2.24) is 0 Å². The van der Waals surface area contributed by atoms with Gasteiger partial charge < -0.3 is 5.11 Å². The summed E-state index contributed by atoms with van der Waals surface area (Å²) in [4.78, 5) is 10.8. The zero-order valence-electron chi connectivity index (χ0n) is 7.97. The summed E-state index contributed by atoms with van der Waals surface area (Å²) in [5.41, 5.74) is -0.539. The maximum atomic E-state index is 10.8. The minimum absolute atomic E-state index is 0.539. The Hall–Kier alpha value is -0.790. The van der Waals surface area contributed by atoms with Gasteiger partial charge in [-0.15, -0.1) is 6.58 Å². The fourth-order valence-corrected chi connectivity index (χ4v) is 1.07. The molecule has 0 heterocycles. The first-order chi connectivity index (χ1) is 5.56. The summed E-state index contributed by atoms with van der Waals surface area (Å²) in [7, 11) is 0. The minimum Gasteiger partial charge on any atom is -0.481 e. The fourth-order valence-electron chi connectivity index (χ4n) is 1.07. The Morgan fingerprint density at radius 3 is 2.58 bits per heavy atom. The fraction of sp³-hybridized carbons (Fsp3) is 0.700. The molecule has 0 aliphatic carbocycles. The first kappa shape index (κ1) is 11.2. The van der Waals surface area contributed by atoms with Crippen LogP contribution in [0.5, 0.6) is 0 Å². The van der Waals surface area contributed by atoms with Crippen molar-refractivity contribution in [2.45, 2.75) is 39.5 Å². The lowest BCUT2D eigenvalue weighted by atomic mass is 9.82. The molecule has 0 rings (SSSR count). The highest BCUT2D eigenvalue weighted by Gasteiger charge is 2.29. The molecule has 0 saturated carbocycles. The molecule has 0 bridgehead atoms. The number of carboxylic acids is 1. The van der Waals surface area contributed by atoms with Gasteiger partial charge in [-0.05, 0) is 32.6 Å². The van der Waals surface area contributed by atoms with Crippen LogP contribution < -0.4 is 0 Å². The number of carboxylic acid groups (broad SMARTS) is 1. The van der Waals surface area contributed by atoms with E-state index in [1.54, 1.807) is 6.92 Å². The molecule has 12 heavy (non-hydrogen) atoms. The van der Waals surface area contributed by atoms with Gasteiger partial charge in [0.15, 0.2) is 0 Å². The molecule has 2 nitrogen and oxygen atoms in total. The van der Waals surface area contributed by atoms with E-state index >= 15 is 0 Å². The maximum absolute atomic E-state index is 10.8. The van der Waals surface area contributed by atoms with Crippen LogP contribution in [0, 0.1) is 5.41 Å². The molecular formula is C10H18O2. The van der Waals surface area contributed by atoms with Crippen molar-refractivity contribution in [2.75, 3.05) is 0 Å². The third-order valence-electron chi connectivity index (χ3n) is 2.43. The van der Waals surface area contributed by atoms with E-state index in [2.05, 4.69) is 6.58 Å². The Bertz CT molecular complexity index is 163. The average molecular weight is 170 g/mol. The SMILES string of the molecule is C=CCCCC(C)(CC)C(=O)O. The molecule has 0 aromatic rings. The Labute approximate surface area is 74.3 Å². The van der Waals surface area contributed by atoms with Crippen LogP contribution >= 0.6 is 0 Å². The minimum atomic E-state index is -0.686. The maximum Gasteiger partial charge on any atom is 0.309 e. The van der Waals surface area contributed by atoms with Gasteiger partial charge in [-0.25, -0.2) is 0 Å². The van der Waals surface area contributed by atoms with Gasteiger partial charge >= 0.3 is 5.97 Å². The normalized spacial score (nSPS) is 15.2. The van der Waals surface area contributed by atoms with Gasteiger partial charge in [0.25, 0.3) is 0 Å². The molecule has 1 unspecified atom stereocenters. The summed E-state index contributed by atoms with van der Waals surface area (Å²) in [6, 6.07) is 0. The van der Waals surface area contributed by atoms with Crippen molar-refractivity contribution < 1.29 is 9.90 Å². The molecule has 0 aliphatic heterocycles. The molecule has 0 radical (unpaired) electrons. The number of aliphatic carboxylic acids is 1. The van der Waals surface area contributed by atoms with E-state index in [0.717, 1.165) is 19.3 Å². The highest BCUT2D eigenvalue weighted by atomic mass is 16.4. The van der Waals surface area contributed by atoms with Crippen molar-refractivity contribution in [1.29, 1.82) is 0 Å². The van der Waals surface area contributed by atoms with E-state index in [-0.39, 0.29) is 0 Å². The van der Waals surface area contributed by atoms with Crippen LogP contribution in [0.1, 0.15) is 39.5 Å². The molecule has 0 aliphatic rings. The van der Waals surface area contributed by atoms with Gasteiger partial charge in [0.05, 0.1) is 5.41 Å². The van der Waals surface area contributed by atoms with E-state index in [1.807, 2.05) is 13.0 Å². The van der Waals surface area contributed by atoms with E-state index in [4.69, 9.17) is 5.11 Å². The van der Waals surface area contributed by atoms with E-state index in [9.17, 15) is 4.79 Å². The number of hydrogen-bond acceptors (Lipinski definition) is 1. The number of unbranched alkanes of at least 4 members (excludes halogenated alkanes) is 1. The highest BCUT2D eigenvalue weighted by molar-refractivity contribution is 5.73. The predicted molar refractivity (Wildman–Crippen MR) is 50.1 cm³/mol. The van der Waals surface area contributed by atoms with Crippen LogP contribution in [-0.2, 0) is 4.79 Å². The van der Waals surface area contributed by atoms with Gasteiger partial charge in [0.2, 0.25) is 0 Å². The monoisotopic (exact) mass is 170 g/mol. The second-order valence-electron chi connectivity index (χ2n) is 3.40. The summed E-state index contributed by atoms with van der Waals surface area (Å²) < 4.78 is 0. The summed E-state index contributed by atoms with van der Waals surface area (Å²) >= 11 is 0. The number of carbonyl (C=O) groups is 1. The zero-order valence-corrected chi connectivity index (χ0v) is 7.97. The van der Waals surface area contributed by atoms with E-state index in [1.165, 1.54) is 0 Å². The summed E-state index contributed by atoms with van der Waals surface area (Å²) in [6.45, 7) is 7.33. The molecule has 2 heteroatoms. The molecule has 1 atom stereocenters. The quantitative estimate of drug-likeness (QED) is 0.491. The van der Waals surface area contributed by atoms with Crippen molar-refractivity contribution in [3.05, 3.63) is 12.7 Å². The molecule has 70 valence electrons. The standard InChI is InChI=1S/C10H18O2/c1-4-6-7-8-10(3,5-2)9(11)12/h4H,1,5-8H2,2-3H3,(H,11,12). The lowest BCUT2D eigenvalue weighted by Gasteiger charge is -2.22. The lowest BCUT2D eigenvalue weighted by molar-refractivity contribution is -0.148. The van der Waals surface area contributed by atoms with Crippen LogP contribution in [0.2, 0.25) is 0 Å². The van der Waals surface area contributed by atoms with Crippen LogP contribution in [0.4, 0.5) is 0 Å². The molecule has 0 amide bonds. The van der Waals surface area contributed by atoms with Gasteiger partial charge in [-0.3, -0.25) is 4.79 Å². The Balaban J connectivity index is 3.96. The van der Waals surface area contributed by atoms with Crippen molar-refractivity contribution in [2.24, 2.45) is 5.41 Å². The van der Waals surface area contributed by atoms with Crippen molar-refractivity contribution in [3.8, 4) is 0 Å².